The number of methoxy groups -OCH3 is 1. The van der Waals surface area contributed by atoms with Crippen molar-refractivity contribution in [2.24, 2.45) is 5.92 Å². The van der Waals surface area contributed by atoms with Gasteiger partial charge in [0.05, 0.1) is 19.7 Å². The van der Waals surface area contributed by atoms with Crippen molar-refractivity contribution < 1.29 is 42.1 Å². The fraction of sp³-hybridized carbons (Fsp3) is 0.611. The molecule has 0 bridgehead atoms. The standard InChI is InChI=1S/C16H22N2O4.C2HF3O2/c1-20-10-15(19)18-11-16(12-18)13(6-9-22-16)5-8-21-14-4-2-3-7-17-14;3-2(4,5)1(6)7/h2-4,7,13H,5-6,8-12H2,1H3;(H,6,7). The average molecular weight is 420 g/mol. The number of nitrogens with zero attached hydrogens (tertiary/aromatic N) is 2. The first-order chi connectivity index (χ1) is 13.7. The van der Waals surface area contributed by atoms with Crippen LogP contribution >= 0.6 is 0 Å². The Kier molecular flexibility index (Phi) is 7.80. The Morgan fingerprint density at radius 1 is 1.38 bits per heavy atom. The van der Waals surface area contributed by atoms with Gasteiger partial charge in [-0.1, -0.05) is 6.07 Å². The molecule has 1 aromatic heterocycles. The number of likely N-dealkylation sites (tertiary alicyclic amines) is 1. The maximum Gasteiger partial charge on any atom is 0.490 e. The van der Waals surface area contributed by atoms with Gasteiger partial charge in [-0.05, 0) is 24.8 Å². The zero-order valence-electron chi connectivity index (χ0n) is 15.9. The van der Waals surface area contributed by atoms with E-state index in [4.69, 9.17) is 24.1 Å². The number of alkyl halides is 3. The number of pyridine rings is 1. The molecule has 0 aliphatic carbocycles. The first kappa shape index (κ1) is 22.9. The van der Waals surface area contributed by atoms with Gasteiger partial charge in [0, 0.05) is 26.0 Å². The lowest BCUT2D eigenvalue weighted by Crippen LogP contribution is -2.66. The van der Waals surface area contributed by atoms with Crippen LogP contribution in [-0.4, -0.2) is 78.7 Å². The Hall–Kier alpha value is -2.40. The van der Waals surface area contributed by atoms with Crippen molar-refractivity contribution in [1.29, 1.82) is 0 Å². The van der Waals surface area contributed by atoms with Crippen LogP contribution in [0.15, 0.2) is 24.4 Å². The Morgan fingerprint density at radius 2 is 2.07 bits per heavy atom. The fourth-order valence-electron chi connectivity index (χ4n) is 3.27. The zero-order chi connectivity index (χ0) is 21.5. The molecule has 11 heteroatoms. The SMILES string of the molecule is COCC(=O)N1CC2(C1)OCCC2CCOc1ccccn1.O=C(O)C(F)(F)F. The van der Waals surface area contributed by atoms with Crippen LogP contribution in [0.5, 0.6) is 5.88 Å². The number of hydrogen-bond acceptors (Lipinski definition) is 6. The molecule has 2 aliphatic heterocycles. The van der Waals surface area contributed by atoms with Crippen LogP contribution in [-0.2, 0) is 19.1 Å². The normalized spacial score (nSPS) is 19.9. The summed E-state index contributed by atoms with van der Waals surface area (Å²) >= 11 is 0. The van der Waals surface area contributed by atoms with Crippen LogP contribution in [0.25, 0.3) is 0 Å². The highest BCUT2D eigenvalue weighted by Gasteiger charge is 2.54. The molecule has 1 atom stereocenters. The van der Waals surface area contributed by atoms with Gasteiger partial charge in [-0.15, -0.1) is 0 Å². The van der Waals surface area contributed by atoms with Gasteiger partial charge in [0.15, 0.2) is 0 Å². The van der Waals surface area contributed by atoms with Gasteiger partial charge in [0.25, 0.3) is 0 Å². The topological polar surface area (TPSA) is 98.2 Å². The fourth-order valence-corrected chi connectivity index (χ4v) is 3.27. The minimum Gasteiger partial charge on any atom is -0.478 e. The number of rotatable bonds is 6. The molecule has 1 spiro atoms. The summed E-state index contributed by atoms with van der Waals surface area (Å²) in [5.41, 5.74) is -0.170. The third-order valence-electron chi connectivity index (χ3n) is 4.73. The van der Waals surface area contributed by atoms with Crippen molar-refractivity contribution in [1.82, 2.24) is 9.88 Å². The summed E-state index contributed by atoms with van der Waals surface area (Å²) in [7, 11) is 1.54. The Labute approximate surface area is 165 Å². The molecule has 2 fully saturated rings. The predicted octanol–water partition coefficient (Wildman–Crippen LogP) is 1.75. The lowest BCUT2D eigenvalue weighted by molar-refractivity contribution is -0.192. The quantitative estimate of drug-likeness (QED) is 0.749. The molecule has 1 N–H and O–H groups in total. The molecule has 3 rings (SSSR count). The average Bonchev–Trinajstić information content (AvgIpc) is 3.05. The molecule has 0 saturated carbocycles. The van der Waals surface area contributed by atoms with Gasteiger partial charge in [-0.3, -0.25) is 4.79 Å². The molecule has 8 nitrogen and oxygen atoms in total. The van der Waals surface area contributed by atoms with Crippen molar-refractivity contribution in [3.63, 3.8) is 0 Å². The van der Waals surface area contributed by atoms with Crippen LogP contribution < -0.4 is 4.74 Å². The first-order valence-corrected chi connectivity index (χ1v) is 8.92. The van der Waals surface area contributed by atoms with Gasteiger partial charge in [0.2, 0.25) is 11.8 Å². The third kappa shape index (κ3) is 6.29. The van der Waals surface area contributed by atoms with E-state index in [1.54, 1.807) is 11.1 Å². The van der Waals surface area contributed by atoms with Gasteiger partial charge < -0.3 is 24.2 Å². The number of carboxylic acid groups (broad SMARTS) is 1. The van der Waals surface area contributed by atoms with Crippen molar-refractivity contribution in [2.75, 3.05) is 40.0 Å². The van der Waals surface area contributed by atoms with Crippen molar-refractivity contribution in [3.8, 4) is 5.88 Å². The molecule has 0 aromatic carbocycles. The largest absolute Gasteiger partial charge is 0.490 e. The molecular weight excluding hydrogens is 397 g/mol. The molecule has 2 aliphatic rings. The lowest BCUT2D eigenvalue weighted by atomic mass is 9.79. The summed E-state index contributed by atoms with van der Waals surface area (Å²) in [6, 6.07) is 5.63. The number of halogens is 3. The third-order valence-corrected chi connectivity index (χ3v) is 4.73. The zero-order valence-corrected chi connectivity index (χ0v) is 15.9. The summed E-state index contributed by atoms with van der Waals surface area (Å²) in [6.07, 6.45) is -1.42. The number of carboxylic acids is 1. The Morgan fingerprint density at radius 3 is 2.62 bits per heavy atom. The molecule has 1 aromatic rings. The molecule has 1 amide bonds. The van der Waals surface area contributed by atoms with Crippen LogP contribution in [0.1, 0.15) is 12.8 Å². The molecule has 29 heavy (non-hydrogen) atoms. The van der Waals surface area contributed by atoms with Crippen molar-refractivity contribution in [2.45, 2.75) is 24.6 Å². The maximum atomic E-state index is 11.8. The number of hydrogen-bond donors (Lipinski definition) is 1. The van der Waals surface area contributed by atoms with E-state index in [9.17, 15) is 18.0 Å². The summed E-state index contributed by atoms with van der Waals surface area (Å²) in [5.74, 6) is -1.64. The van der Waals surface area contributed by atoms with E-state index in [2.05, 4.69) is 4.98 Å². The highest BCUT2D eigenvalue weighted by Crippen LogP contribution is 2.41. The Balaban J connectivity index is 0.000000370. The second kappa shape index (κ2) is 9.88. The summed E-state index contributed by atoms with van der Waals surface area (Å²) in [6.45, 7) is 2.87. The van der Waals surface area contributed by atoms with Gasteiger partial charge in [-0.2, -0.15) is 13.2 Å². The van der Waals surface area contributed by atoms with E-state index in [1.807, 2.05) is 18.2 Å². The van der Waals surface area contributed by atoms with Crippen molar-refractivity contribution in [3.05, 3.63) is 24.4 Å². The van der Waals surface area contributed by atoms with E-state index < -0.39 is 12.1 Å². The first-order valence-electron chi connectivity index (χ1n) is 8.92. The number of aliphatic carboxylic acids is 1. The molecular formula is C18H23F3N2O6. The van der Waals surface area contributed by atoms with Gasteiger partial charge in [0.1, 0.15) is 12.2 Å². The van der Waals surface area contributed by atoms with E-state index in [-0.39, 0.29) is 18.1 Å². The number of amides is 1. The smallest absolute Gasteiger partial charge is 0.478 e. The van der Waals surface area contributed by atoms with Gasteiger partial charge >= 0.3 is 12.1 Å². The van der Waals surface area contributed by atoms with Crippen LogP contribution in [0.4, 0.5) is 13.2 Å². The number of carbonyl (C=O) groups is 2. The molecule has 0 radical (unpaired) electrons. The molecule has 1 unspecified atom stereocenters. The molecule has 3 heterocycles. The maximum absolute atomic E-state index is 11.8. The monoisotopic (exact) mass is 420 g/mol. The summed E-state index contributed by atoms with van der Waals surface area (Å²) < 4.78 is 48.2. The Bertz CT molecular complexity index is 680. The highest BCUT2D eigenvalue weighted by molar-refractivity contribution is 5.78. The number of carbonyl (C=O) groups excluding carboxylic acids is 1. The van der Waals surface area contributed by atoms with Crippen LogP contribution in [0.3, 0.4) is 0 Å². The molecule has 2 saturated heterocycles. The van der Waals surface area contributed by atoms with Crippen molar-refractivity contribution >= 4 is 11.9 Å². The van der Waals surface area contributed by atoms with Crippen LogP contribution in [0.2, 0.25) is 0 Å². The lowest BCUT2D eigenvalue weighted by Gasteiger charge is -2.50. The van der Waals surface area contributed by atoms with E-state index in [1.165, 1.54) is 7.11 Å². The van der Waals surface area contributed by atoms with Crippen LogP contribution in [0, 0.1) is 5.92 Å². The number of ether oxygens (including phenoxy) is 3. The van der Waals surface area contributed by atoms with E-state index in [0.29, 0.717) is 31.5 Å². The summed E-state index contributed by atoms with van der Waals surface area (Å²) in [4.78, 5) is 26.6. The highest BCUT2D eigenvalue weighted by atomic mass is 19.4. The number of aromatic nitrogens is 1. The second-order valence-corrected chi connectivity index (χ2v) is 6.69. The van der Waals surface area contributed by atoms with Gasteiger partial charge in [-0.25, -0.2) is 9.78 Å². The minimum absolute atomic E-state index is 0.0344. The second-order valence-electron chi connectivity index (χ2n) is 6.69. The van der Waals surface area contributed by atoms with E-state index in [0.717, 1.165) is 19.4 Å². The summed E-state index contributed by atoms with van der Waals surface area (Å²) in [5, 5.41) is 7.12. The van der Waals surface area contributed by atoms with E-state index >= 15 is 0 Å². The minimum atomic E-state index is -5.08. The predicted molar refractivity (Wildman–Crippen MR) is 93.3 cm³/mol. The molecule has 162 valence electrons.